The van der Waals surface area contributed by atoms with Crippen molar-refractivity contribution in [3.8, 4) is 0 Å². The fourth-order valence-electron chi connectivity index (χ4n) is 1.87. The topological polar surface area (TPSA) is 77.0 Å². The molecular formula is C11H17N5O. The van der Waals surface area contributed by atoms with Gasteiger partial charge in [0.05, 0.1) is 11.9 Å². The van der Waals surface area contributed by atoms with E-state index in [-0.39, 0.29) is 12.5 Å². The Balaban J connectivity index is 1.95. The second-order valence-electron chi connectivity index (χ2n) is 4.27. The van der Waals surface area contributed by atoms with E-state index in [0.29, 0.717) is 12.2 Å². The number of nitrogens with zero attached hydrogens (tertiary/aromatic N) is 4. The van der Waals surface area contributed by atoms with Crippen molar-refractivity contribution >= 4 is 5.91 Å². The highest BCUT2D eigenvalue weighted by Gasteiger charge is 2.17. The standard InChI is InChI=1S/C11H17N5O/c1-9-3-2-4-15(6-9)11(17)8-16-7-10(5-12)13-14-16/h3,7H,2,4-6,8,12H2,1H3. The predicted molar refractivity (Wildman–Crippen MR) is 62.9 cm³/mol. The molecule has 0 saturated heterocycles. The van der Waals surface area contributed by atoms with Crippen LogP contribution in [0.5, 0.6) is 0 Å². The van der Waals surface area contributed by atoms with Gasteiger partial charge in [0.1, 0.15) is 6.54 Å². The Kier molecular flexibility index (Phi) is 3.53. The summed E-state index contributed by atoms with van der Waals surface area (Å²) in [6.45, 7) is 4.13. The molecule has 0 spiro atoms. The fourth-order valence-corrected chi connectivity index (χ4v) is 1.87. The molecule has 0 bridgehead atoms. The summed E-state index contributed by atoms with van der Waals surface area (Å²) in [6.07, 6.45) is 4.82. The highest BCUT2D eigenvalue weighted by Crippen LogP contribution is 2.09. The normalized spacial score (nSPS) is 15.9. The molecule has 17 heavy (non-hydrogen) atoms. The zero-order valence-electron chi connectivity index (χ0n) is 9.96. The van der Waals surface area contributed by atoms with Crippen molar-refractivity contribution < 1.29 is 4.79 Å². The van der Waals surface area contributed by atoms with Gasteiger partial charge in [-0.15, -0.1) is 5.10 Å². The van der Waals surface area contributed by atoms with Crippen molar-refractivity contribution in [2.75, 3.05) is 13.1 Å². The van der Waals surface area contributed by atoms with Gasteiger partial charge >= 0.3 is 0 Å². The van der Waals surface area contributed by atoms with Gasteiger partial charge in [0.15, 0.2) is 0 Å². The van der Waals surface area contributed by atoms with Crippen molar-refractivity contribution in [3.05, 3.63) is 23.5 Å². The second-order valence-corrected chi connectivity index (χ2v) is 4.27. The third kappa shape index (κ3) is 2.91. The number of rotatable bonds is 3. The zero-order valence-corrected chi connectivity index (χ0v) is 9.96. The highest BCUT2D eigenvalue weighted by molar-refractivity contribution is 5.76. The zero-order chi connectivity index (χ0) is 12.3. The molecule has 1 amide bonds. The fraction of sp³-hybridized carbons (Fsp3) is 0.545. The highest BCUT2D eigenvalue weighted by atomic mass is 16.2. The van der Waals surface area contributed by atoms with Crippen LogP contribution in [0.15, 0.2) is 17.8 Å². The van der Waals surface area contributed by atoms with Crippen LogP contribution in [-0.4, -0.2) is 38.9 Å². The van der Waals surface area contributed by atoms with Gasteiger partial charge in [-0.3, -0.25) is 4.79 Å². The minimum Gasteiger partial charge on any atom is -0.337 e. The Hall–Kier alpha value is -1.69. The number of hydrogen-bond acceptors (Lipinski definition) is 4. The molecule has 6 nitrogen and oxygen atoms in total. The Labute approximate surface area is 100 Å². The first kappa shape index (κ1) is 11.8. The number of carbonyl (C=O) groups excluding carboxylic acids is 1. The first-order chi connectivity index (χ1) is 8.19. The van der Waals surface area contributed by atoms with Gasteiger partial charge in [0, 0.05) is 19.6 Å². The number of carbonyl (C=O) groups is 1. The summed E-state index contributed by atoms with van der Waals surface area (Å²) in [5.74, 6) is 0.0749. The van der Waals surface area contributed by atoms with Crippen molar-refractivity contribution in [3.63, 3.8) is 0 Å². The van der Waals surface area contributed by atoms with E-state index in [1.807, 2.05) is 11.8 Å². The van der Waals surface area contributed by atoms with Crippen molar-refractivity contribution in [1.82, 2.24) is 19.9 Å². The van der Waals surface area contributed by atoms with Crippen LogP contribution in [0.2, 0.25) is 0 Å². The summed E-state index contributed by atoms with van der Waals surface area (Å²) in [5, 5.41) is 7.72. The molecule has 0 radical (unpaired) electrons. The molecule has 0 unspecified atom stereocenters. The van der Waals surface area contributed by atoms with Crippen LogP contribution >= 0.6 is 0 Å². The van der Waals surface area contributed by atoms with Crippen LogP contribution in [0, 0.1) is 0 Å². The van der Waals surface area contributed by atoms with Crippen molar-refractivity contribution in [2.24, 2.45) is 5.73 Å². The first-order valence-electron chi connectivity index (χ1n) is 5.71. The van der Waals surface area contributed by atoms with Crippen LogP contribution < -0.4 is 5.73 Å². The number of aromatic nitrogens is 3. The molecule has 92 valence electrons. The van der Waals surface area contributed by atoms with Gasteiger partial charge in [0.2, 0.25) is 5.91 Å². The molecule has 0 aliphatic carbocycles. The van der Waals surface area contributed by atoms with E-state index in [2.05, 4.69) is 16.4 Å². The maximum atomic E-state index is 12.0. The molecule has 1 aromatic heterocycles. The number of amides is 1. The Morgan fingerprint density at radius 3 is 3.06 bits per heavy atom. The number of nitrogens with two attached hydrogens (primary N) is 1. The molecule has 2 rings (SSSR count). The lowest BCUT2D eigenvalue weighted by molar-refractivity contribution is -0.131. The van der Waals surface area contributed by atoms with Gasteiger partial charge < -0.3 is 10.6 Å². The summed E-state index contributed by atoms with van der Waals surface area (Å²) >= 11 is 0. The molecule has 6 heteroatoms. The molecule has 2 N–H and O–H groups in total. The summed E-state index contributed by atoms with van der Waals surface area (Å²) in [6, 6.07) is 0. The largest absolute Gasteiger partial charge is 0.337 e. The lowest BCUT2D eigenvalue weighted by atomic mass is 10.1. The van der Waals surface area contributed by atoms with Gasteiger partial charge in [-0.2, -0.15) is 0 Å². The van der Waals surface area contributed by atoms with Crippen LogP contribution in [0.4, 0.5) is 0 Å². The summed E-state index contributed by atoms with van der Waals surface area (Å²) in [5.41, 5.74) is 7.38. The summed E-state index contributed by atoms with van der Waals surface area (Å²) in [7, 11) is 0. The van der Waals surface area contributed by atoms with Gasteiger partial charge in [0.25, 0.3) is 0 Å². The van der Waals surface area contributed by atoms with Crippen LogP contribution in [0.1, 0.15) is 19.0 Å². The first-order valence-corrected chi connectivity index (χ1v) is 5.71. The van der Waals surface area contributed by atoms with Crippen molar-refractivity contribution in [2.45, 2.75) is 26.4 Å². The van der Waals surface area contributed by atoms with Gasteiger partial charge in [-0.05, 0) is 13.3 Å². The van der Waals surface area contributed by atoms with E-state index in [1.54, 1.807) is 6.20 Å². The minimum atomic E-state index is 0.0749. The van der Waals surface area contributed by atoms with Crippen LogP contribution in [0.3, 0.4) is 0 Å². The van der Waals surface area contributed by atoms with Crippen molar-refractivity contribution in [1.29, 1.82) is 0 Å². The molecule has 0 fully saturated rings. The third-order valence-corrected chi connectivity index (χ3v) is 2.78. The van der Waals surface area contributed by atoms with Gasteiger partial charge in [-0.25, -0.2) is 4.68 Å². The second kappa shape index (κ2) is 5.09. The lowest BCUT2D eigenvalue weighted by Crippen LogP contribution is -2.37. The predicted octanol–water partition coefficient (Wildman–Crippen LogP) is -0.0846. The monoisotopic (exact) mass is 235 g/mol. The molecule has 1 aliphatic heterocycles. The summed E-state index contributed by atoms with van der Waals surface area (Å²) < 4.78 is 1.54. The lowest BCUT2D eigenvalue weighted by Gasteiger charge is -2.26. The Morgan fingerprint density at radius 2 is 2.41 bits per heavy atom. The number of hydrogen-bond donors (Lipinski definition) is 1. The summed E-state index contributed by atoms with van der Waals surface area (Å²) in [4.78, 5) is 13.8. The molecule has 0 saturated carbocycles. The third-order valence-electron chi connectivity index (χ3n) is 2.78. The quantitative estimate of drug-likeness (QED) is 0.743. The maximum absolute atomic E-state index is 12.0. The molecule has 0 aromatic carbocycles. The van der Waals surface area contributed by atoms with E-state index in [9.17, 15) is 4.79 Å². The minimum absolute atomic E-state index is 0.0749. The van der Waals surface area contributed by atoms with Crippen LogP contribution in [0.25, 0.3) is 0 Å². The molecule has 1 aromatic rings. The van der Waals surface area contributed by atoms with E-state index in [1.165, 1.54) is 10.3 Å². The molecular weight excluding hydrogens is 218 g/mol. The Morgan fingerprint density at radius 1 is 1.59 bits per heavy atom. The van der Waals surface area contributed by atoms with Crippen LogP contribution in [-0.2, 0) is 17.9 Å². The Bertz CT molecular complexity index is 437. The molecule has 2 heterocycles. The SMILES string of the molecule is CC1=CCCN(C(=O)Cn2cc(CN)nn2)C1. The van der Waals surface area contributed by atoms with Gasteiger partial charge in [-0.1, -0.05) is 16.9 Å². The maximum Gasteiger partial charge on any atom is 0.244 e. The average Bonchev–Trinajstić information content (AvgIpc) is 2.77. The molecule has 0 atom stereocenters. The van der Waals surface area contributed by atoms with E-state index < -0.39 is 0 Å². The molecule has 1 aliphatic rings. The van der Waals surface area contributed by atoms with E-state index in [4.69, 9.17) is 5.73 Å². The van der Waals surface area contributed by atoms with E-state index >= 15 is 0 Å². The smallest absolute Gasteiger partial charge is 0.244 e. The average molecular weight is 235 g/mol. The van der Waals surface area contributed by atoms with E-state index in [0.717, 1.165) is 19.5 Å².